The number of nitrogens with zero attached hydrogens (tertiary/aromatic N) is 2. The number of methoxy groups -OCH3 is 1. The van der Waals surface area contributed by atoms with Gasteiger partial charge in [0.15, 0.2) is 0 Å². The first-order valence-electron chi connectivity index (χ1n) is 8.95. The van der Waals surface area contributed by atoms with E-state index in [4.69, 9.17) is 14.2 Å². The Bertz CT molecular complexity index is 788. The second kappa shape index (κ2) is 9.07. The van der Waals surface area contributed by atoms with Crippen LogP contribution in [0, 0.1) is 0 Å². The van der Waals surface area contributed by atoms with Crippen LogP contribution < -0.4 is 4.74 Å². The quantitative estimate of drug-likeness (QED) is 0.752. The van der Waals surface area contributed by atoms with E-state index in [1.807, 2.05) is 36.4 Å². The van der Waals surface area contributed by atoms with E-state index >= 15 is 0 Å². The summed E-state index contributed by atoms with van der Waals surface area (Å²) in [5, 5.41) is 0. The number of allylic oxidation sites excluding steroid dienone is 1. The van der Waals surface area contributed by atoms with Gasteiger partial charge in [-0.15, -0.1) is 0 Å². The van der Waals surface area contributed by atoms with Gasteiger partial charge >= 0.3 is 0 Å². The highest BCUT2D eigenvalue weighted by molar-refractivity contribution is 5.92. The van der Waals surface area contributed by atoms with Crippen LogP contribution >= 0.6 is 0 Å². The summed E-state index contributed by atoms with van der Waals surface area (Å²) in [4.78, 5) is 19.0. The number of pyridine rings is 1. The van der Waals surface area contributed by atoms with Crippen LogP contribution in [0.1, 0.15) is 18.1 Å². The Labute approximate surface area is 159 Å². The third-order valence-electron chi connectivity index (χ3n) is 4.38. The van der Waals surface area contributed by atoms with Gasteiger partial charge in [-0.25, -0.2) is 0 Å². The molecule has 2 heterocycles. The Hall–Kier alpha value is -3.02. The molecule has 1 aliphatic heterocycles. The smallest absolute Gasteiger partial charge is 0.292 e. The van der Waals surface area contributed by atoms with Gasteiger partial charge in [0.25, 0.3) is 5.91 Å². The Kier molecular flexibility index (Phi) is 6.30. The largest absolute Gasteiger partial charge is 0.497 e. The average Bonchev–Trinajstić information content (AvgIpc) is 2.72. The number of benzene rings is 1. The zero-order chi connectivity index (χ0) is 19.1. The predicted octanol–water partition coefficient (Wildman–Crippen LogP) is 2.94. The number of hydrogen-bond donors (Lipinski definition) is 0. The van der Waals surface area contributed by atoms with Crippen molar-refractivity contribution in [1.29, 1.82) is 0 Å². The topological polar surface area (TPSA) is 60.9 Å². The van der Waals surface area contributed by atoms with Gasteiger partial charge in [0.05, 0.1) is 7.11 Å². The number of carbonyl (C=O) groups is 1. The van der Waals surface area contributed by atoms with Crippen LogP contribution in [0.2, 0.25) is 0 Å². The molecule has 0 fully saturated rings. The molecule has 0 N–H and O–H groups in total. The zero-order valence-corrected chi connectivity index (χ0v) is 15.7. The minimum atomic E-state index is -0.162. The zero-order valence-electron chi connectivity index (χ0n) is 15.7. The van der Waals surface area contributed by atoms with Crippen molar-refractivity contribution in [3.8, 4) is 5.75 Å². The number of aromatic nitrogens is 1. The standard InChI is InChI=1S/C21H24N2O4/c1-16-20(27-13-12-26-16)21(24)23(15-18-4-3-10-22-14-18)11-9-17-5-7-19(25-2)8-6-17/h3-8,10,14H,9,11-13,15H2,1-2H3. The summed E-state index contributed by atoms with van der Waals surface area (Å²) in [5.41, 5.74) is 2.10. The van der Waals surface area contributed by atoms with Crippen molar-refractivity contribution in [2.24, 2.45) is 0 Å². The fraction of sp³-hybridized carbons (Fsp3) is 0.333. The highest BCUT2D eigenvalue weighted by Gasteiger charge is 2.25. The first-order valence-corrected chi connectivity index (χ1v) is 8.95. The van der Waals surface area contributed by atoms with Crippen LogP contribution in [-0.2, 0) is 27.2 Å². The average molecular weight is 368 g/mol. The second-order valence-corrected chi connectivity index (χ2v) is 6.27. The molecule has 0 saturated heterocycles. The van der Waals surface area contributed by atoms with Gasteiger partial charge < -0.3 is 19.1 Å². The van der Waals surface area contributed by atoms with E-state index in [1.165, 1.54) is 0 Å². The fourth-order valence-corrected chi connectivity index (χ4v) is 2.88. The van der Waals surface area contributed by atoms with E-state index in [-0.39, 0.29) is 5.91 Å². The molecule has 6 nitrogen and oxygen atoms in total. The van der Waals surface area contributed by atoms with Crippen molar-refractivity contribution >= 4 is 5.91 Å². The molecule has 0 atom stereocenters. The van der Waals surface area contributed by atoms with Crippen molar-refractivity contribution in [3.63, 3.8) is 0 Å². The minimum Gasteiger partial charge on any atom is -0.497 e. The Balaban J connectivity index is 1.75. The Morgan fingerprint density at radius 1 is 1.15 bits per heavy atom. The SMILES string of the molecule is COc1ccc(CCN(Cc2cccnc2)C(=O)C2=C(C)OCCO2)cc1. The van der Waals surface area contributed by atoms with Crippen LogP contribution in [0.3, 0.4) is 0 Å². The molecule has 0 spiro atoms. The minimum absolute atomic E-state index is 0.162. The van der Waals surface area contributed by atoms with Crippen LogP contribution in [-0.4, -0.2) is 42.7 Å². The van der Waals surface area contributed by atoms with E-state index in [0.29, 0.717) is 37.8 Å². The van der Waals surface area contributed by atoms with Gasteiger partial charge in [0, 0.05) is 25.5 Å². The summed E-state index contributed by atoms with van der Waals surface area (Å²) in [6.07, 6.45) is 4.22. The highest BCUT2D eigenvalue weighted by Crippen LogP contribution is 2.18. The van der Waals surface area contributed by atoms with E-state index < -0.39 is 0 Å². The molecule has 2 aromatic rings. The lowest BCUT2D eigenvalue weighted by atomic mass is 10.1. The number of ether oxygens (including phenoxy) is 3. The molecular formula is C21H24N2O4. The number of amides is 1. The van der Waals surface area contributed by atoms with Crippen molar-refractivity contribution in [1.82, 2.24) is 9.88 Å². The van der Waals surface area contributed by atoms with Gasteiger partial charge in [-0.2, -0.15) is 0 Å². The van der Waals surface area contributed by atoms with Crippen LogP contribution in [0.25, 0.3) is 0 Å². The molecule has 0 radical (unpaired) electrons. The van der Waals surface area contributed by atoms with Gasteiger partial charge in [-0.3, -0.25) is 9.78 Å². The summed E-state index contributed by atoms with van der Waals surface area (Å²) in [6.45, 7) is 3.63. The Morgan fingerprint density at radius 2 is 1.93 bits per heavy atom. The van der Waals surface area contributed by atoms with Crippen LogP contribution in [0.5, 0.6) is 5.75 Å². The molecule has 1 aliphatic rings. The fourth-order valence-electron chi connectivity index (χ4n) is 2.88. The molecule has 3 rings (SSSR count). The molecule has 1 aromatic heterocycles. The van der Waals surface area contributed by atoms with E-state index in [9.17, 15) is 4.79 Å². The van der Waals surface area contributed by atoms with Gasteiger partial charge in [0.1, 0.15) is 24.7 Å². The molecule has 27 heavy (non-hydrogen) atoms. The molecule has 1 aromatic carbocycles. The summed E-state index contributed by atoms with van der Waals surface area (Å²) >= 11 is 0. The summed E-state index contributed by atoms with van der Waals surface area (Å²) < 4.78 is 16.3. The second-order valence-electron chi connectivity index (χ2n) is 6.27. The summed E-state index contributed by atoms with van der Waals surface area (Å²) in [5.74, 6) is 1.48. The summed E-state index contributed by atoms with van der Waals surface area (Å²) in [7, 11) is 1.64. The van der Waals surface area contributed by atoms with Crippen molar-refractivity contribution in [3.05, 3.63) is 71.4 Å². The van der Waals surface area contributed by atoms with Crippen LogP contribution in [0.15, 0.2) is 60.3 Å². The molecule has 1 amide bonds. The van der Waals surface area contributed by atoms with Gasteiger partial charge in [0.2, 0.25) is 5.76 Å². The molecular weight excluding hydrogens is 344 g/mol. The number of hydrogen-bond acceptors (Lipinski definition) is 5. The first-order chi connectivity index (χ1) is 13.2. The maximum Gasteiger partial charge on any atom is 0.292 e. The van der Waals surface area contributed by atoms with E-state index in [0.717, 1.165) is 23.3 Å². The maximum absolute atomic E-state index is 13.1. The monoisotopic (exact) mass is 368 g/mol. The normalized spacial score (nSPS) is 13.6. The van der Waals surface area contributed by atoms with Crippen LogP contribution in [0.4, 0.5) is 0 Å². The molecule has 142 valence electrons. The van der Waals surface area contributed by atoms with Crippen molar-refractivity contribution < 1.29 is 19.0 Å². The number of carbonyl (C=O) groups excluding carboxylic acids is 1. The number of rotatable bonds is 7. The molecule has 0 bridgehead atoms. The molecule has 0 saturated carbocycles. The van der Waals surface area contributed by atoms with Crippen molar-refractivity contribution in [2.75, 3.05) is 26.9 Å². The third kappa shape index (κ3) is 5.00. The lowest BCUT2D eigenvalue weighted by Crippen LogP contribution is -2.36. The lowest BCUT2D eigenvalue weighted by Gasteiger charge is -2.27. The van der Waals surface area contributed by atoms with E-state index in [1.54, 1.807) is 31.3 Å². The summed E-state index contributed by atoms with van der Waals surface area (Å²) in [6, 6.07) is 11.7. The van der Waals surface area contributed by atoms with Gasteiger partial charge in [-0.1, -0.05) is 18.2 Å². The third-order valence-corrected chi connectivity index (χ3v) is 4.38. The molecule has 0 aliphatic carbocycles. The van der Waals surface area contributed by atoms with Gasteiger partial charge in [-0.05, 0) is 42.7 Å². The first kappa shape index (κ1) is 18.8. The Morgan fingerprint density at radius 3 is 2.59 bits per heavy atom. The maximum atomic E-state index is 13.1. The highest BCUT2D eigenvalue weighted by atomic mass is 16.6. The molecule has 0 unspecified atom stereocenters. The lowest BCUT2D eigenvalue weighted by molar-refractivity contribution is -0.133. The predicted molar refractivity (Wildman–Crippen MR) is 101 cm³/mol. The van der Waals surface area contributed by atoms with Crippen molar-refractivity contribution in [2.45, 2.75) is 19.9 Å². The molecule has 6 heteroatoms. The van der Waals surface area contributed by atoms with E-state index in [2.05, 4.69) is 4.98 Å².